The van der Waals surface area contributed by atoms with Crippen LogP contribution in [0.3, 0.4) is 0 Å². The molecule has 1 saturated carbocycles. The summed E-state index contributed by atoms with van der Waals surface area (Å²) in [6, 6.07) is 7.85. The van der Waals surface area contributed by atoms with Crippen LogP contribution < -0.4 is 0 Å². The number of rotatable bonds is 3. The fourth-order valence-corrected chi connectivity index (χ4v) is 3.23. The fourth-order valence-electron chi connectivity index (χ4n) is 2.81. The van der Waals surface area contributed by atoms with Crippen LogP contribution in [0.1, 0.15) is 55.6 Å². The Hall–Kier alpha value is -1.02. The lowest BCUT2D eigenvalue weighted by Gasteiger charge is -2.29. The Bertz CT molecular complexity index is 430. The topological polar surface area (TPSA) is 37.3 Å². The van der Waals surface area contributed by atoms with E-state index in [1.54, 1.807) is 6.92 Å². The van der Waals surface area contributed by atoms with Crippen molar-refractivity contribution in [1.82, 2.24) is 0 Å². The van der Waals surface area contributed by atoms with Crippen molar-refractivity contribution < 1.29 is 9.90 Å². The Morgan fingerprint density at radius 3 is 2.67 bits per heavy atom. The molecule has 0 saturated heterocycles. The van der Waals surface area contributed by atoms with E-state index < -0.39 is 11.9 Å². The van der Waals surface area contributed by atoms with Crippen molar-refractivity contribution >= 4 is 17.6 Å². The SMILES string of the molecule is CC(C(=O)O)c1ccccc1C1CCCCC1Cl. The van der Waals surface area contributed by atoms with E-state index in [1.165, 1.54) is 12.8 Å². The number of carbonyl (C=O) groups is 1. The molecular weight excluding hydrogens is 248 g/mol. The van der Waals surface area contributed by atoms with Gasteiger partial charge in [0.1, 0.15) is 0 Å². The summed E-state index contributed by atoms with van der Waals surface area (Å²) in [4.78, 5) is 11.2. The quantitative estimate of drug-likeness (QED) is 0.835. The monoisotopic (exact) mass is 266 g/mol. The molecule has 0 bridgehead atoms. The van der Waals surface area contributed by atoms with Crippen molar-refractivity contribution in [1.29, 1.82) is 0 Å². The van der Waals surface area contributed by atoms with Crippen molar-refractivity contribution in [2.75, 3.05) is 0 Å². The van der Waals surface area contributed by atoms with Crippen molar-refractivity contribution in [3.8, 4) is 0 Å². The maximum absolute atomic E-state index is 11.2. The highest BCUT2D eigenvalue weighted by atomic mass is 35.5. The maximum Gasteiger partial charge on any atom is 0.310 e. The number of halogens is 1. The number of hydrogen-bond acceptors (Lipinski definition) is 1. The van der Waals surface area contributed by atoms with Gasteiger partial charge in [-0.25, -0.2) is 0 Å². The minimum Gasteiger partial charge on any atom is -0.481 e. The van der Waals surface area contributed by atoms with E-state index in [0.717, 1.165) is 24.0 Å². The highest BCUT2D eigenvalue weighted by Crippen LogP contribution is 2.39. The fraction of sp³-hybridized carbons (Fsp3) is 0.533. The number of carboxylic acids is 1. The second kappa shape index (κ2) is 5.75. The van der Waals surface area contributed by atoms with Crippen LogP contribution in [0, 0.1) is 0 Å². The molecule has 1 fully saturated rings. The van der Waals surface area contributed by atoms with Crippen LogP contribution in [0.5, 0.6) is 0 Å². The lowest BCUT2D eigenvalue weighted by Crippen LogP contribution is -2.20. The van der Waals surface area contributed by atoms with Crippen molar-refractivity contribution in [2.45, 2.75) is 49.8 Å². The molecule has 2 nitrogen and oxygen atoms in total. The molecule has 18 heavy (non-hydrogen) atoms. The molecule has 1 aliphatic carbocycles. The van der Waals surface area contributed by atoms with E-state index in [1.807, 2.05) is 24.3 Å². The highest BCUT2D eigenvalue weighted by molar-refractivity contribution is 6.21. The van der Waals surface area contributed by atoms with Gasteiger partial charge in [0.25, 0.3) is 0 Å². The standard InChI is InChI=1S/C15H19ClO2/c1-10(15(17)18)11-6-2-3-7-12(11)13-8-4-5-9-14(13)16/h2-3,6-7,10,13-14H,4-5,8-9H2,1H3,(H,17,18). The molecule has 2 rings (SSSR count). The van der Waals surface area contributed by atoms with E-state index in [0.29, 0.717) is 5.92 Å². The second-order valence-electron chi connectivity index (χ2n) is 5.10. The summed E-state index contributed by atoms with van der Waals surface area (Å²) in [6.45, 7) is 1.74. The van der Waals surface area contributed by atoms with Crippen LogP contribution in [0.4, 0.5) is 0 Å². The predicted molar refractivity (Wildman–Crippen MR) is 73.3 cm³/mol. The Morgan fingerprint density at radius 1 is 1.33 bits per heavy atom. The number of carboxylic acid groups (broad SMARTS) is 1. The second-order valence-corrected chi connectivity index (χ2v) is 5.66. The van der Waals surface area contributed by atoms with Crippen molar-refractivity contribution in [3.05, 3.63) is 35.4 Å². The molecule has 1 N–H and O–H groups in total. The smallest absolute Gasteiger partial charge is 0.310 e. The molecule has 0 amide bonds. The molecule has 0 radical (unpaired) electrons. The average Bonchev–Trinajstić information content (AvgIpc) is 2.38. The minimum atomic E-state index is -0.774. The third kappa shape index (κ3) is 2.69. The summed E-state index contributed by atoms with van der Waals surface area (Å²) in [7, 11) is 0. The molecule has 0 spiro atoms. The molecule has 0 aliphatic heterocycles. The first-order valence-corrected chi connectivity index (χ1v) is 7.00. The highest BCUT2D eigenvalue weighted by Gasteiger charge is 2.28. The van der Waals surface area contributed by atoms with Gasteiger partial charge in [-0.2, -0.15) is 0 Å². The summed E-state index contributed by atoms with van der Waals surface area (Å²) in [5.74, 6) is -0.935. The zero-order valence-corrected chi connectivity index (χ0v) is 11.4. The third-order valence-corrected chi connectivity index (χ3v) is 4.44. The molecule has 0 aromatic heterocycles. The number of hydrogen-bond donors (Lipinski definition) is 1. The van der Waals surface area contributed by atoms with Crippen LogP contribution in [0.2, 0.25) is 0 Å². The van der Waals surface area contributed by atoms with E-state index in [4.69, 9.17) is 11.6 Å². The van der Waals surface area contributed by atoms with Gasteiger partial charge in [0.2, 0.25) is 0 Å². The maximum atomic E-state index is 11.2. The molecule has 1 aromatic carbocycles. The van der Waals surface area contributed by atoms with Crippen molar-refractivity contribution in [2.24, 2.45) is 0 Å². The zero-order valence-electron chi connectivity index (χ0n) is 10.6. The summed E-state index contributed by atoms with van der Waals surface area (Å²) < 4.78 is 0. The van der Waals surface area contributed by atoms with Gasteiger partial charge < -0.3 is 5.11 Å². The Labute approximate surface area is 113 Å². The lowest BCUT2D eigenvalue weighted by molar-refractivity contribution is -0.138. The summed E-state index contributed by atoms with van der Waals surface area (Å²) in [6.07, 6.45) is 4.46. The summed E-state index contributed by atoms with van der Waals surface area (Å²) >= 11 is 6.43. The zero-order chi connectivity index (χ0) is 13.1. The van der Waals surface area contributed by atoms with Crippen molar-refractivity contribution in [3.63, 3.8) is 0 Å². The average molecular weight is 267 g/mol. The predicted octanol–water partition coefficient (Wildman–Crippen LogP) is 4.14. The molecule has 3 atom stereocenters. The van der Waals surface area contributed by atoms with E-state index in [2.05, 4.69) is 0 Å². The summed E-state index contributed by atoms with van der Waals surface area (Å²) in [5.41, 5.74) is 2.05. The minimum absolute atomic E-state index is 0.140. The van der Waals surface area contributed by atoms with E-state index in [9.17, 15) is 9.90 Å². The molecular formula is C15H19ClO2. The number of aliphatic carboxylic acids is 1. The van der Waals surface area contributed by atoms with Crippen LogP contribution in [-0.4, -0.2) is 16.5 Å². The molecule has 1 aliphatic rings. The Kier molecular flexibility index (Phi) is 4.28. The Morgan fingerprint density at radius 2 is 2.00 bits per heavy atom. The molecule has 3 heteroatoms. The molecule has 1 aromatic rings. The Balaban J connectivity index is 2.34. The molecule has 0 heterocycles. The van der Waals surface area contributed by atoms with Gasteiger partial charge in [0.15, 0.2) is 0 Å². The lowest BCUT2D eigenvalue weighted by atomic mass is 9.79. The molecule has 3 unspecified atom stereocenters. The van der Waals surface area contributed by atoms with Crippen LogP contribution in [0.15, 0.2) is 24.3 Å². The van der Waals surface area contributed by atoms with Gasteiger partial charge in [-0.1, -0.05) is 37.1 Å². The van der Waals surface area contributed by atoms with Crippen LogP contribution in [0.25, 0.3) is 0 Å². The van der Waals surface area contributed by atoms with Gasteiger partial charge in [-0.15, -0.1) is 11.6 Å². The largest absolute Gasteiger partial charge is 0.481 e. The first kappa shape index (κ1) is 13.4. The number of benzene rings is 1. The van der Waals surface area contributed by atoms with Gasteiger partial charge in [0.05, 0.1) is 5.92 Å². The van der Waals surface area contributed by atoms with Gasteiger partial charge in [-0.3, -0.25) is 4.79 Å². The molecule has 98 valence electrons. The third-order valence-electron chi connectivity index (χ3n) is 3.91. The normalized spacial score (nSPS) is 25.7. The van der Waals surface area contributed by atoms with E-state index >= 15 is 0 Å². The van der Waals surface area contributed by atoms with Crippen LogP contribution >= 0.6 is 11.6 Å². The van der Waals surface area contributed by atoms with Gasteiger partial charge in [0, 0.05) is 11.3 Å². The van der Waals surface area contributed by atoms with E-state index in [-0.39, 0.29) is 5.38 Å². The first-order chi connectivity index (χ1) is 8.61. The van der Waals surface area contributed by atoms with Crippen LogP contribution in [-0.2, 0) is 4.79 Å². The van der Waals surface area contributed by atoms with Gasteiger partial charge in [-0.05, 0) is 30.9 Å². The first-order valence-electron chi connectivity index (χ1n) is 6.57. The van der Waals surface area contributed by atoms with Gasteiger partial charge >= 0.3 is 5.97 Å². The summed E-state index contributed by atoms with van der Waals surface area (Å²) in [5, 5.41) is 9.33. The number of alkyl halides is 1.